The van der Waals surface area contributed by atoms with E-state index < -0.39 is 6.10 Å². The second-order valence-corrected chi connectivity index (χ2v) is 9.98. The minimum absolute atomic E-state index is 0.00442. The highest BCUT2D eigenvalue weighted by molar-refractivity contribution is 6.07. The van der Waals surface area contributed by atoms with Crippen molar-refractivity contribution >= 4 is 11.6 Å². The molecule has 2 fully saturated rings. The Kier molecular flexibility index (Phi) is 9.26. The summed E-state index contributed by atoms with van der Waals surface area (Å²) in [7, 11) is 1.65. The molecule has 6 nitrogen and oxygen atoms in total. The first-order valence-electron chi connectivity index (χ1n) is 12.4. The highest BCUT2D eigenvalue weighted by Crippen LogP contribution is 2.46. The number of hydrogen-bond donors (Lipinski definition) is 3. The topological polar surface area (TPSA) is 102 Å². The van der Waals surface area contributed by atoms with E-state index in [1.165, 1.54) is 0 Å². The number of allylic oxidation sites excluding steroid dienone is 2. The van der Waals surface area contributed by atoms with Crippen molar-refractivity contribution in [3.8, 4) is 0 Å². The van der Waals surface area contributed by atoms with Gasteiger partial charge in [-0.3, -0.25) is 9.59 Å². The number of carbonyl (C=O) groups is 2. The Morgan fingerprint density at radius 3 is 2.68 bits per heavy atom. The van der Waals surface area contributed by atoms with Crippen molar-refractivity contribution < 1.29 is 19.4 Å². The molecule has 7 atom stereocenters. The number of hydrogen-bond acceptors (Lipinski definition) is 6. The number of ether oxygens (including phenoxy) is 1. The predicted octanol–water partition coefficient (Wildman–Crippen LogP) is 3.12. The summed E-state index contributed by atoms with van der Waals surface area (Å²) >= 11 is 0. The lowest BCUT2D eigenvalue weighted by atomic mass is 9.65. The summed E-state index contributed by atoms with van der Waals surface area (Å²) in [4.78, 5) is 25.3. The fourth-order valence-electron chi connectivity index (χ4n) is 6.06. The molecule has 3 rings (SSSR count). The molecule has 0 bridgehead atoms. The van der Waals surface area contributed by atoms with Crippen LogP contribution < -0.4 is 11.1 Å². The maximum absolute atomic E-state index is 13.0. The van der Waals surface area contributed by atoms with Crippen LogP contribution in [0.2, 0.25) is 0 Å². The van der Waals surface area contributed by atoms with Gasteiger partial charge in [0.15, 0.2) is 5.78 Å². The van der Waals surface area contributed by atoms with Crippen molar-refractivity contribution in [2.24, 2.45) is 29.4 Å². The molecule has 1 heterocycles. The standard InChI is InChI=1S/C25H42N2O4/c1-3-4-5-6-19(28)13-22(29)16-7-9-20(17-8-10-25(26)27-15-17)21-14-23(30)24(31-2)12-18(21)11-16/h11,17-18,20-21,23-25,27,30H,3-10,12-15,26H2,1-2H3/t17?,18?,20-,21?,23?,24?,25?/m1/s1. The molecule has 6 unspecified atom stereocenters. The molecular formula is C25H42N2O4. The van der Waals surface area contributed by atoms with E-state index in [0.717, 1.165) is 63.5 Å². The van der Waals surface area contributed by atoms with Crippen LogP contribution >= 0.6 is 0 Å². The van der Waals surface area contributed by atoms with E-state index in [-0.39, 0.29) is 36.2 Å². The molecule has 0 radical (unpaired) electrons. The van der Waals surface area contributed by atoms with Gasteiger partial charge < -0.3 is 20.9 Å². The largest absolute Gasteiger partial charge is 0.390 e. The smallest absolute Gasteiger partial charge is 0.165 e. The van der Waals surface area contributed by atoms with Gasteiger partial charge in [0.1, 0.15) is 5.78 Å². The van der Waals surface area contributed by atoms with Crippen LogP contribution in [0.3, 0.4) is 0 Å². The lowest BCUT2D eigenvalue weighted by molar-refractivity contribution is -0.125. The van der Waals surface area contributed by atoms with Crippen LogP contribution in [-0.2, 0) is 14.3 Å². The number of piperidine rings is 1. The maximum Gasteiger partial charge on any atom is 0.165 e. The van der Waals surface area contributed by atoms with Crippen molar-refractivity contribution in [1.29, 1.82) is 0 Å². The van der Waals surface area contributed by atoms with Crippen molar-refractivity contribution in [3.05, 3.63) is 11.6 Å². The molecule has 0 aromatic rings. The number of fused-ring (bicyclic) bond motifs is 1. The normalized spacial score (nSPS) is 36.3. The second-order valence-electron chi connectivity index (χ2n) is 9.98. The summed E-state index contributed by atoms with van der Waals surface area (Å²) in [5.74, 6) is 1.58. The van der Waals surface area contributed by atoms with Crippen LogP contribution in [0.15, 0.2) is 11.6 Å². The van der Waals surface area contributed by atoms with E-state index in [1.807, 2.05) is 0 Å². The van der Waals surface area contributed by atoms with Crippen LogP contribution in [0.5, 0.6) is 0 Å². The third-order valence-corrected chi connectivity index (χ3v) is 7.88. The number of carbonyl (C=O) groups excluding carboxylic acids is 2. The summed E-state index contributed by atoms with van der Waals surface area (Å²) in [6.07, 6.45) is 10.3. The Labute approximate surface area is 187 Å². The van der Waals surface area contributed by atoms with Crippen LogP contribution in [-0.4, -0.2) is 48.7 Å². The summed E-state index contributed by atoms with van der Waals surface area (Å²) < 4.78 is 5.56. The number of nitrogens with two attached hydrogens (primary N) is 1. The predicted molar refractivity (Wildman–Crippen MR) is 121 cm³/mol. The Bertz CT molecular complexity index is 641. The van der Waals surface area contributed by atoms with Crippen LogP contribution in [0, 0.1) is 23.7 Å². The summed E-state index contributed by atoms with van der Waals surface area (Å²) in [5.41, 5.74) is 6.87. The first-order valence-corrected chi connectivity index (χ1v) is 12.4. The number of ketones is 2. The fraction of sp³-hybridized carbons (Fsp3) is 0.840. The minimum atomic E-state index is -0.460. The molecular weight excluding hydrogens is 392 g/mol. The Morgan fingerprint density at radius 2 is 2.00 bits per heavy atom. The number of aliphatic hydroxyl groups is 1. The van der Waals surface area contributed by atoms with Gasteiger partial charge >= 0.3 is 0 Å². The zero-order chi connectivity index (χ0) is 22.4. The van der Waals surface area contributed by atoms with Crippen LogP contribution in [0.4, 0.5) is 0 Å². The summed E-state index contributed by atoms with van der Waals surface area (Å²) in [6.45, 7) is 3.01. The van der Waals surface area contributed by atoms with Gasteiger partial charge in [0.25, 0.3) is 0 Å². The van der Waals surface area contributed by atoms with Crippen LogP contribution in [0.1, 0.15) is 77.6 Å². The van der Waals surface area contributed by atoms with Gasteiger partial charge in [-0.25, -0.2) is 0 Å². The Morgan fingerprint density at radius 1 is 1.19 bits per heavy atom. The monoisotopic (exact) mass is 434 g/mol. The minimum Gasteiger partial charge on any atom is -0.390 e. The van der Waals surface area contributed by atoms with Gasteiger partial charge in [-0.15, -0.1) is 0 Å². The average molecular weight is 435 g/mol. The number of unbranched alkanes of at least 4 members (excludes halogenated alkanes) is 2. The van der Waals surface area contributed by atoms with Crippen molar-refractivity contribution in [3.63, 3.8) is 0 Å². The molecule has 31 heavy (non-hydrogen) atoms. The Balaban J connectivity index is 1.73. The van der Waals surface area contributed by atoms with Crippen molar-refractivity contribution in [2.75, 3.05) is 13.7 Å². The molecule has 2 aliphatic carbocycles. The lowest BCUT2D eigenvalue weighted by Gasteiger charge is -2.44. The summed E-state index contributed by atoms with van der Waals surface area (Å²) in [6, 6.07) is 0. The molecule has 1 aliphatic heterocycles. The molecule has 4 N–H and O–H groups in total. The number of Topliss-reactive ketones (excluding diaryl/α,β-unsaturated/α-hetero) is 2. The zero-order valence-electron chi connectivity index (χ0n) is 19.4. The highest BCUT2D eigenvalue weighted by Gasteiger charge is 2.43. The second kappa shape index (κ2) is 11.7. The fourth-order valence-corrected chi connectivity index (χ4v) is 6.06. The molecule has 6 heteroatoms. The number of rotatable bonds is 9. The van der Waals surface area contributed by atoms with Crippen molar-refractivity contribution in [1.82, 2.24) is 5.32 Å². The molecule has 0 spiro atoms. The first kappa shape index (κ1) is 24.6. The highest BCUT2D eigenvalue weighted by atomic mass is 16.5. The molecule has 0 aromatic heterocycles. The molecule has 0 amide bonds. The first-order chi connectivity index (χ1) is 14.9. The van der Waals surface area contributed by atoms with Gasteiger partial charge in [-0.1, -0.05) is 25.8 Å². The van der Waals surface area contributed by atoms with Crippen LogP contribution in [0.25, 0.3) is 0 Å². The molecule has 0 aromatic carbocycles. The van der Waals surface area contributed by atoms with E-state index in [9.17, 15) is 14.7 Å². The van der Waals surface area contributed by atoms with E-state index in [1.54, 1.807) is 7.11 Å². The zero-order valence-corrected chi connectivity index (χ0v) is 19.4. The third kappa shape index (κ3) is 6.47. The quantitative estimate of drug-likeness (QED) is 0.381. The van der Waals surface area contributed by atoms with E-state index >= 15 is 0 Å². The summed E-state index contributed by atoms with van der Waals surface area (Å²) in [5, 5.41) is 14.1. The maximum atomic E-state index is 13.0. The van der Waals surface area contributed by atoms with Crippen molar-refractivity contribution in [2.45, 2.75) is 95.9 Å². The van der Waals surface area contributed by atoms with Gasteiger partial charge in [0.05, 0.1) is 24.8 Å². The molecule has 1 saturated heterocycles. The number of methoxy groups -OCH3 is 1. The lowest BCUT2D eigenvalue weighted by Crippen LogP contribution is -2.49. The Hall–Kier alpha value is -1.08. The van der Waals surface area contributed by atoms with E-state index in [2.05, 4.69) is 18.3 Å². The van der Waals surface area contributed by atoms with Gasteiger partial charge in [0.2, 0.25) is 0 Å². The molecule has 3 aliphatic rings. The molecule has 176 valence electrons. The molecule has 1 saturated carbocycles. The van der Waals surface area contributed by atoms with E-state index in [0.29, 0.717) is 30.6 Å². The van der Waals surface area contributed by atoms with Gasteiger partial charge in [-0.05, 0) is 80.7 Å². The van der Waals surface area contributed by atoms with E-state index in [4.69, 9.17) is 10.5 Å². The van der Waals surface area contributed by atoms with Gasteiger partial charge in [0, 0.05) is 13.5 Å². The van der Waals surface area contributed by atoms with Gasteiger partial charge in [-0.2, -0.15) is 0 Å². The number of aliphatic hydroxyl groups excluding tert-OH is 1. The number of nitrogens with one attached hydrogen (secondary N) is 1. The third-order valence-electron chi connectivity index (χ3n) is 7.88. The average Bonchev–Trinajstić information content (AvgIpc) is 2.93. The SMILES string of the molecule is CCCCCC(=O)CC(=O)C1=CC2CC(OC)C(O)CC2[C@@H](C2CCC(N)NC2)CC1.